The quantitative estimate of drug-likeness (QED) is 0.837. The summed E-state index contributed by atoms with van der Waals surface area (Å²) in [6.07, 6.45) is 0.639. The van der Waals surface area contributed by atoms with E-state index in [1.54, 1.807) is 7.11 Å². The van der Waals surface area contributed by atoms with Crippen molar-refractivity contribution in [1.82, 2.24) is 0 Å². The first-order valence-corrected chi connectivity index (χ1v) is 7.05. The fraction of sp³-hybridized carbons (Fsp3) is 0.143. The number of methoxy groups -OCH3 is 1. The highest BCUT2D eigenvalue weighted by atomic mass is 31.1. The smallest absolute Gasteiger partial charge is 0.126 e. The van der Waals surface area contributed by atoms with Gasteiger partial charge < -0.3 is 10.5 Å². The molecule has 0 radical (unpaired) electrons. The van der Waals surface area contributed by atoms with Crippen LogP contribution in [0.15, 0.2) is 54.6 Å². The Labute approximate surface area is 103 Å². The van der Waals surface area contributed by atoms with Gasteiger partial charge in [-0.2, -0.15) is 0 Å². The molecule has 0 aliphatic heterocycles. The van der Waals surface area contributed by atoms with Gasteiger partial charge in [0, 0.05) is 11.6 Å². The molecule has 2 N–H and O–H groups in total. The number of hydrogen-bond donors (Lipinski definition) is 1. The summed E-state index contributed by atoms with van der Waals surface area (Å²) < 4.78 is 5.41. The predicted octanol–water partition coefficient (Wildman–Crippen LogP) is 2.04. The van der Waals surface area contributed by atoms with Gasteiger partial charge in [0.25, 0.3) is 0 Å². The van der Waals surface area contributed by atoms with Gasteiger partial charge in [0.05, 0.1) is 7.11 Å². The third kappa shape index (κ3) is 2.66. The first-order chi connectivity index (χ1) is 8.36. The third-order valence-corrected chi connectivity index (χ3v) is 4.86. The average molecular weight is 245 g/mol. The Balaban J connectivity index is 2.42. The lowest BCUT2D eigenvalue weighted by Crippen LogP contribution is -2.19. The largest absolute Gasteiger partial charge is 0.496 e. The molecule has 0 saturated heterocycles. The first-order valence-electron chi connectivity index (χ1n) is 5.52. The molecular formula is C14H16NOP. The molecule has 0 fully saturated rings. The minimum atomic E-state index is -0.523. The molecule has 17 heavy (non-hydrogen) atoms. The van der Waals surface area contributed by atoms with Crippen molar-refractivity contribution in [3.8, 4) is 5.75 Å². The number of ether oxygens (including phenoxy) is 1. The normalized spacial score (nSPS) is 12.1. The van der Waals surface area contributed by atoms with Crippen molar-refractivity contribution in [1.29, 1.82) is 0 Å². The summed E-state index contributed by atoms with van der Waals surface area (Å²) in [6.45, 7) is 0. The Bertz CT molecular complexity index is 473. The maximum atomic E-state index is 5.93. The van der Waals surface area contributed by atoms with E-state index in [0.717, 1.165) is 5.75 Å². The maximum absolute atomic E-state index is 5.93. The Morgan fingerprint density at radius 2 is 1.65 bits per heavy atom. The molecule has 0 aliphatic rings. The van der Waals surface area contributed by atoms with Crippen LogP contribution in [0, 0.1) is 0 Å². The van der Waals surface area contributed by atoms with Crippen molar-refractivity contribution in [3.05, 3.63) is 54.6 Å². The lowest BCUT2D eigenvalue weighted by atomic mass is 10.3. The molecule has 0 saturated carbocycles. The fourth-order valence-corrected chi connectivity index (χ4v) is 3.72. The van der Waals surface area contributed by atoms with E-state index >= 15 is 0 Å². The zero-order valence-electron chi connectivity index (χ0n) is 9.84. The van der Waals surface area contributed by atoms with Crippen LogP contribution in [-0.4, -0.2) is 13.4 Å². The van der Waals surface area contributed by atoms with Crippen LogP contribution in [0.25, 0.3) is 0 Å². The summed E-state index contributed by atoms with van der Waals surface area (Å²) >= 11 is 0. The molecular weight excluding hydrogens is 229 g/mol. The van der Waals surface area contributed by atoms with Crippen LogP contribution in [-0.2, 0) is 0 Å². The number of para-hydroxylation sites is 1. The minimum Gasteiger partial charge on any atom is -0.496 e. The molecule has 0 spiro atoms. The molecule has 0 bridgehead atoms. The fourth-order valence-electron chi connectivity index (χ4n) is 1.80. The van der Waals surface area contributed by atoms with E-state index in [1.165, 1.54) is 10.6 Å². The number of nitrogens with two attached hydrogens (primary N) is 1. The second kappa shape index (κ2) is 5.81. The van der Waals surface area contributed by atoms with Crippen molar-refractivity contribution in [2.45, 2.75) is 0 Å². The van der Waals surface area contributed by atoms with Gasteiger partial charge in [-0.3, -0.25) is 0 Å². The van der Waals surface area contributed by atoms with E-state index in [1.807, 2.05) is 24.3 Å². The van der Waals surface area contributed by atoms with Gasteiger partial charge in [-0.1, -0.05) is 48.5 Å². The molecule has 2 rings (SSSR count). The summed E-state index contributed by atoms with van der Waals surface area (Å²) in [5.41, 5.74) is 5.93. The minimum absolute atomic E-state index is 0.523. The molecule has 0 aliphatic carbocycles. The van der Waals surface area contributed by atoms with Crippen molar-refractivity contribution in [2.24, 2.45) is 5.73 Å². The number of rotatable bonds is 4. The van der Waals surface area contributed by atoms with Crippen LogP contribution in [0.2, 0.25) is 0 Å². The van der Waals surface area contributed by atoms with E-state index in [0.29, 0.717) is 6.29 Å². The third-order valence-electron chi connectivity index (χ3n) is 2.63. The molecule has 2 nitrogen and oxygen atoms in total. The van der Waals surface area contributed by atoms with Crippen molar-refractivity contribution >= 4 is 18.5 Å². The Morgan fingerprint density at radius 3 is 2.29 bits per heavy atom. The predicted molar refractivity (Wildman–Crippen MR) is 74.7 cm³/mol. The van der Waals surface area contributed by atoms with Gasteiger partial charge >= 0.3 is 0 Å². The molecule has 0 aromatic heterocycles. The highest BCUT2D eigenvalue weighted by molar-refractivity contribution is 7.73. The second-order valence-electron chi connectivity index (χ2n) is 3.62. The van der Waals surface area contributed by atoms with E-state index < -0.39 is 7.92 Å². The van der Waals surface area contributed by atoms with Gasteiger partial charge in [-0.25, -0.2) is 0 Å². The molecule has 1 atom stereocenters. The Hall–Kier alpha value is -1.37. The molecule has 88 valence electrons. The van der Waals surface area contributed by atoms with Gasteiger partial charge in [-0.15, -0.1) is 0 Å². The zero-order valence-corrected chi connectivity index (χ0v) is 10.7. The van der Waals surface area contributed by atoms with Crippen molar-refractivity contribution in [3.63, 3.8) is 0 Å². The highest BCUT2D eigenvalue weighted by Gasteiger charge is 2.15. The average Bonchev–Trinajstić information content (AvgIpc) is 2.41. The first kappa shape index (κ1) is 12.1. The van der Waals surface area contributed by atoms with Crippen LogP contribution in [0.3, 0.4) is 0 Å². The topological polar surface area (TPSA) is 35.2 Å². The summed E-state index contributed by atoms with van der Waals surface area (Å²) in [5.74, 6) is 0.924. The summed E-state index contributed by atoms with van der Waals surface area (Å²) in [6, 6.07) is 18.5. The number of hydrogen-bond acceptors (Lipinski definition) is 2. The van der Waals surface area contributed by atoms with Gasteiger partial charge in [-0.05, 0) is 19.3 Å². The Kier molecular flexibility index (Phi) is 4.13. The van der Waals surface area contributed by atoms with Crippen LogP contribution >= 0.6 is 7.92 Å². The summed E-state index contributed by atoms with van der Waals surface area (Å²) in [5, 5.41) is 2.49. The van der Waals surface area contributed by atoms with E-state index in [-0.39, 0.29) is 0 Å². The molecule has 2 aromatic rings. The van der Waals surface area contributed by atoms with E-state index in [2.05, 4.69) is 30.3 Å². The second-order valence-corrected chi connectivity index (χ2v) is 5.84. The Morgan fingerprint density at radius 1 is 1.00 bits per heavy atom. The molecule has 0 heterocycles. The van der Waals surface area contributed by atoms with Gasteiger partial charge in [0.2, 0.25) is 0 Å². The SMILES string of the molecule is COc1ccccc1P(CN)c1ccccc1. The van der Waals surface area contributed by atoms with E-state index in [9.17, 15) is 0 Å². The van der Waals surface area contributed by atoms with Gasteiger partial charge in [0.15, 0.2) is 0 Å². The highest BCUT2D eigenvalue weighted by Crippen LogP contribution is 2.34. The molecule has 1 unspecified atom stereocenters. The van der Waals surface area contributed by atoms with Gasteiger partial charge in [0.1, 0.15) is 5.75 Å². The maximum Gasteiger partial charge on any atom is 0.126 e. The van der Waals surface area contributed by atoms with Crippen LogP contribution in [0.5, 0.6) is 5.75 Å². The van der Waals surface area contributed by atoms with Crippen LogP contribution < -0.4 is 21.1 Å². The zero-order chi connectivity index (χ0) is 12.1. The molecule has 3 heteroatoms. The summed E-state index contributed by atoms with van der Waals surface area (Å²) in [7, 11) is 1.18. The number of benzene rings is 2. The molecule has 2 aromatic carbocycles. The monoisotopic (exact) mass is 245 g/mol. The van der Waals surface area contributed by atoms with Crippen molar-refractivity contribution < 1.29 is 4.74 Å². The van der Waals surface area contributed by atoms with E-state index in [4.69, 9.17) is 10.5 Å². The summed E-state index contributed by atoms with van der Waals surface area (Å²) in [4.78, 5) is 0. The standard InChI is InChI=1S/C14H16NOP/c1-16-13-9-5-6-10-14(13)17(11-15)12-7-3-2-4-8-12/h2-10H,11,15H2,1H3. The lowest BCUT2D eigenvalue weighted by molar-refractivity contribution is 0.418. The lowest BCUT2D eigenvalue weighted by Gasteiger charge is -2.18. The molecule has 0 amide bonds. The van der Waals surface area contributed by atoms with Crippen molar-refractivity contribution in [2.75, 3.05) is 13.4 Å². The van der Waals surface area contributed by atoms with Crippen LogP contribution in [0.4, 0.5) is 0 Å². The van der Waals surface area contributed by atoms with Crippen LogP contribution in [0.1, 0.15) is 0 Å².